The van der Waals surface area contributed by atoms with Crippen LogP contribution in [0.25, 0.3) is 16.6 Å². The molecule has 26 heavy (non-hydrogen) atoms. The highest BCUT2D eigenvalue weighted by Crippen LogP contribution is 2.38. The minimum Gasteiger partial charge on any atom is -0.478 e. The normalized spacial score (nSPS) is 11.3. The predicted octanol–water partition coefficient (Wildman–Crippen LogP) is 3.53. The molecule has 3 aromatic rings. The average molecular weight is 353 g/mol. The summed E-state index contributed by atoms with van der Waals surface area (Å²) >= 11 is 0. The molecule has 0 radical (unpaired) electrons. The summed E-state index contributed by atoms with van der Waals surface area (Å²) in [7, 11) is 0. The SMILES string of the molecule is Cc1nc(C)c(C(=O)O)c(-c2c(C(C)C)nn3ccccc23)c1C(=O)O. The van der Waals surface area contributed by atoms with Crippen molar-refractivity contribution in [2.75, 3.05) is 0 Å². The van der Waals surface area contributed by atoms with Crippen LogP contribution in [0, 0.1) is 13.8 Å². The molecule has 7 nitrogen and oxygen atoms in total. The number of carbonyl (C=O) groups is 2. The molecule has 0 aromatic carbocycles. The molecule has 0 aliphatic rings. The van der Waals surface area contributed by atoms with Gasteiger partial charge in [0, 0.05) is 17.3 Å². The van der Waals surface area contributed by atoms with Gasteiger partial charge in [-0.25, -0.2) is 14.1 Å². The van der Waals surface area contributed by atoms with Crippen molar-refractivity contribution in [2.24, 2.45) is 0 Å². The van der Waals surface area contributed by atoms with Crippen molar-refractivity contribution in [1.82, 2.24) is 14.6 Å². The van der Waals surface area contributed by atoms with E-state index in [2.05, 4.69) is 10.1 Å². The van der Waals surface area contributed by atoms with Crippen LogP contribution in [0.15, 0.2) is 24.4 Å². The van der Waals surface area contributed by atoms with Crippen LogP contribution >= 0.6 is 0 Å². The van der Waals surface area contributed by atoms with Crippen molar-refractivity contribution >= 4 is 17.5 Å². The van der Waals surface area contributed by atoms with Gasteiger partial charge in [0.1, 0.15) is 0 Å². The van der Waals surface area contributed by atoms with Gasteiger partial charge in [-0.05, 0) is 31.9 Å². The lowest BCUT2D eigenvalue weighted by Gasteiger charge is -2.16. The maximum atomic E-state index is 12.0. The van der Waals surface area contributed by atoms with Crippen LogP contribution in [0.4, 0.5) is 0 Å². The van der Waals surface area contributed by atoms with Crippen LogP contribution < -0.4 is 0 Å². The zero-order valence-corrected chi connectivity index (χ0v) is 14.9. The van der Waals surface area contributed by atoms with E-state index in [1.165, 1.54) is 0 Å². The molecule has 3 rings (SSSR count). The van der Waals surface area contributed by atoms with E-state index in [1.807, 2.05) is 26.0 Å². The lowest BCUT2D eigenvalue weighted by molar-refractivity contribution is 0.0695. The maximum Gasteiger partial charge on any atom is 0.338 e. The van der Waals surface area contributed by atoms with Gasteiger partial charge in [-0.1, -0.05) is 19.9 Å². The third-order valence-electron chi connectivity index (χ3n) is 4.35. The zero-order chi connectivity index (χ0) is 19.2. The van der Waals surface area contributed by atoms with Crippen LogP contribution in [0.2, 0.25) is 0 Å². The number of nitrogens with zero attached hydrogens (tertiary/aromatic N) is 3. The minimum atomic E-state index is -1.21. The van der Waals surface area contributed by atoms with Crippen LogP contribution in [0.3, 0.4) is 0 Å². The summed E-state index contributed by atoms with van der Waals surface area (Å²) < 4.78 is 1.65. The highest BCUT2D eigenvalue weighted by molar-refractivity contribution is 6.08. The topological polar surface area (TPSA) is 105 Å². The first-order chi connectivity index (χ1) is 12.2. The second-order valence-electron chi connectivity index (χ2n) is 6.46. The standard InChI is InChI=1S/C19H19N3O4/c1-9(2)17-15(12-7-5-6-8-22(12)21-17)16-13(18(23)24)10(3)20-11(4)14(16)19(25)26/h5-9H,1-4H3,(H,23,24)(H,25,26). The van der Waals surface area contributed by atoms with Crippen molar-refractivity contribution in [2.45, 2.75) is 33.6 Å². The van der Waals surface area contributed by atoms with Crippen molar-refractivity contribution in [3.63, 3.8) is 0 Å². The number of aryl methyl sites for hydroxylation is 2. The molecule has 134 valence electrons. The molecule has 3 aromatic heterocycles. The molecule has 0 spiro atoms. The molecular weight excluding hydrogens is 334 g/mol. The number of rotatable bonds is 4. The van der Waals surface area contributed by atoms with E-state index < -0.39 is 11.9 Å². The number of aromatic carboxylic acids is 2. The van der Waals surface area contributed by atoms with Crippen LogP contribution in [-0.2, 0) is 0 Å². The van der Waals surface area contributed by atoms with Crippen LogP contribution in [0.5, 0.6) is 0 Å². The first-order valence-corrected chi connectivity index (χ1v) is 8.19. The first kappa shape index (κ1) is 17.6. The van der Waals surface area contributed by atoms with Crippen molar-refractivity contribution in [1.29, 1.82) is 0 Å². The number of hydrogen-bond acceptors (Lipinski definition) is 4. The van der Waals surface area contributed by atoms with E-state index in [0.717, 1.165) is 0 Å². The van der Waals surface area contributed by atoms with E-state index >= 15 is 0 Å². The summed E-state index contributed by atoms with van der Waals surface area (Å²) in [5.74, 6) is -2.45. The molecule has 0 fully saturated rings. The fourth-order valence-corrected chi connectivity index (χ4v) is 3.30. The highest BCUT2D eigenvalue weighted by Gasteiger charge is 2.30. The molecule has 0 saturated carbocycles. The highest BCUT2D eigenvalue weighted by atomic mass is 16.4. The van der Waals surface area contributed by atoms with E-state index in [9.17, 15) is 19.8 Å². The average Bonchev–Trinajstić information content (AvgIpc) is 2.92. The zero-order valence-electron chi connectivity index (χ0n) is 14.9. The lowest BCUT2D eigenvalue weighted by Crippen LogP contribution is -2.14. The first-order valence-electron chi connectivity index (χ1n) is 8.19. The number of pyridine rings is 2. The number of carboxylic acid groups (broad SMARTS) is 2. The largest absolute Gasteiger partial charge is 0.478 e. The summed E-state index contributed by atoms with van der Waals surface area (Å²) in [6.45, 7) is 7.03. The van der Waals surface area contributed by atoms with E-state index in [4.69, 9.17) is 0 Å². The molecular formula is C19H19N3O4. The predicted molar refractivity (Wildman–Crippen MR) is 95.9 cm³/mol. The summed E-state index contributed by atoms with van der Waals surface area (Å²) in [5.41, 5.74) is 2.35. The van der Waals surface area contributed by atoms with Gasteiger partial charge in [0.25, 0.3) is 0 Å². The maximum absolute atomic E-state index is 12.0. The van der Waals surface area contributed by atoms with Crippen LogP contribution in [-0.4, -0.2) is 36.7 Å². The Morgan fingerprint density at radius 2 is 1.58 bits per heavy atom. The molecule has 0 bridgehead atoms. The van der Waals surface area contributed by atoms with Crippen molar-refractivity contribution in [3.05, 3.63) is 52.6 Å². The molecule has 7 heteroatoms. The van der Waals surface area contributed by atoms with Crippen LogP contribution in [0.1, 0.15) is 57.6 Å². The lowest BCUT2D eigenvalue weighted by atomic mass is 9.89. The molecule has 0 saturated heterocycles. The smallest absolute Gasteiger partial charge is 0.338 e. The van der Waals surface area contributed by atoms with E-state index in [-0.39, 0.29) is 34.0 Å². The van der Waals surface area contributed by atoms with Gasteiger partial charge >= 0.3 is 11.9 Å². The summed E-state index contributed by atoms with van der Waals surface area (Å²) in [6, 6.07) is 5.43. The number of fused-ring (bicyclic) bond motifs is 1. The fraction of sp³-hybridized carbons (Fsp3) is 0.263. The second-order valence-corrected chi connectivity index (χ2v) is 6.46. The monoisotopic (exact) mass is 353 g/mol. The summed E-state index contributed by atoms with van der Waals surface area (Å²) in [6.07, 6.45) is 1.76. The number of carboxylic acids is 2. The van der Waals surface area contributed by atoms with E-state index in [1.54, 1.807) is 30.6 Å². The minimum absolute atomic E-state index is 0.0260. The Morgan fingerprint density at radius 1 is 1.00 bits per heavy atom. The molecule has 0 aliphatic carbocycles. The van der Waals surface area contributed by atoms with Crippen molar-refractivity contribution in [3.8, 4) is 11.1 Å². The van der Waals surface area contributed by atoms with Gasteiger partial charge in [0.05, 0.1) is 33.7 Å². The van der Waals surface area contributed by atoms with Gasteiger partial charge in [-0.3, -0.25) is 4.98 Å². The quantitative estimate of drug-likeness (QED) is 0.743. The third-order valence-corrected chi connectivity index (χ3v) is 4.35. The molecule has 0 atom stereocenters. The molecule has 0 amide bonds. The Hall–Kier alpha value is -3.22. The Kier molecular flexibility index (Phi) is 4.23. The van der Waals surface area contributed by atoms with Gasteiger partial charge < -0.3 is 10.2 Å². The van der Waals surface area contributed by atoms with Gasteiger partial charge in [0.2, 0.25) is 0 Å². The Balaban J connectivity index is 2.60. The Morgan fingerprint density at radius 3 is 2.08 bits per heavy atom. The number of aromatic nitrogens is 3. The van der Waals surface area contributed by atoms with Crippen molar-refractivity contribution < 1.29 is 19.8 Å². The summed E-state index contributed by atoms with van der Waals surface area (Å²) in [5, 5.41) is 24.1. The Bertz CT molecular complexity index is 1010. The molecule has 0 aliphatic heterocycles. The Labute approximate surface area is 149 Å². The van der Waals surface area contributed by atoms with Gasteiger partial charge in [-0.15, -0.1) is 0 Å². The third kappa shape index (κ3) is 2.61. The van der Waals surface area contributed by atoms with Gasteiger partial charge in [-0.2, -0.15) is 5.10 Å². The molecule has 0 unspecified atom stereocenters. The molecule has 2 N–H and O–H groups in total. The second kappa shape index (κ2) is 6.25. The molecule has 3 heterocycles. The fourth-order valence-electron chi connectivity index (χ4n) is 3.30. The number of hydrogen-bond donors (Lipinski definition) is 2. The van der Waals surface area contributed by atoms with E-state index in [0.29, 0.717) is 16.8 Å². The van der Waals surface area contributed by atoms with Gasteiger partial charge in [0.15, 0.2) is 0 Å². The summed E-state index contributed by atoms with van der Waals surface area (Å²) in [4.78, 5) is 28.1.